The zero-order valence-electron chi connectivity index (χ0n) is 20.0. The molecule has 162 valence electrons. The second-order valence-corrected chi connectivity index (χ2v) is 9.01. The first-order valence-corrected chi connectivity index (χ1v) is 11.7. The van der Waals surface area contributed by atoms with Crippen LogP contribution in [0.4, 0.5) is 0 Å². The first-order chi connectivity index (χ1) is 14.0. The Labute approximate surface area is 181 Å². The van der Waals surface area contributed by atoms with Crippen molar-refractivity contribution in [2.75, 3.05) is 6.54 Å². The maximum atomic E-state index is 3.48. The highest BCUT2D eigenvalue weighted by Crippen LogP contribution is 2.44. The van der Waals surface area contributed by atoms with Gasteiger partial charge in [0.25, 0.3) is 0 Å². The molecule has 0 amide bonds. The van der Waals surface area contributed by atoms with Crippen LogP contribution in [-0.2, 0) is 6.42 Å². The molecule has 1 heteroatoms. The fourth-order valence-electron chi connectivity index (χ4n) is 4.57. The first-order valence-electron chi connectivity index (χ1n) is 11.7. The van der Waals surface area contributed by atoms with Gasteiger partial charge in [0, 0.05) is 12.5 Å². The van der Waals surface area contributed by atoms with Crippen molar-refractivity contribution in [1.82, 2.24) is 5.32 Å². The van der Waals surface area contributed by atoms with E-state index in [2.05, 4.69) is 90.5 Å². The van der Waals surface area contributed by atoms with Crippen molar-refractivity contribution in [2.45, 2.75) is 86.0 Å². The van der Waals surface area contributed by atoms with Crippen LogP contribution < -0.4 is 5.32 Å². The van der Waals surface area contributed by atoms with Crippen LogP contribution in [0.5, 0.6) is 0 Å². The Morgan fingerprint density at radius 1 is 1.03 bits per heavy atom. The topological polar surface area (TPSA) is 12.0 Å². The lowest BCUT2D eigenvalue weighted by molar-refractivity contribution is 0.386. The van der Waals surface area contributed by atoms with E-state index < -0.39 is 0 Å². The van der Waals surface area contributed by atoms with E-state index in [0.29, 0.717) is 5.92 Å². The van der Waals surface area contributed by atoms with Crippen molar-refractivity contribution in [3.05, 3.63) is 71.5 Å². The van der Waals surface area contributed by atoms with E-state index in [1.165, 1.54) is 44.1 Å². The Kier molecular flexibility index (Phi) is 11.7. The maximum Gasteiger partial charge on any atom is 0.0366 e. The van der Waals surface area contributed by atoms with Crippen molar-refractivity contribution in [3.63, 3.8) is 0 Å². The molecule has 1 N–H and O–H groups in total. The average molecular weight is 396 g/mol. The van der Waals surface area contributed by atoms with Gasteiger partial charge in [0.15, 0.2) is 0 Å². The molecular weight excluding hydrogens is 350 g/mol. The van der Waals surface area contributed by atoms with Gasteiger partial charge in [-0.15, -0.1) is 13.2 Å². The van der Waals surface area contributed by atoms with E-state index in [9.17, 15) is 0 Å². The van der Waals surface area contributed by atoms with Gasteiger partial charge < -0.3 is 5.32 Å². The molecule has 3 rings (SSSR count). The summed E-state index contributed by atoms with van der Waals surface area (Å²) in [4.78, 5) is 0. The highest BCUT2D eigenvalue weighted by molar-refractivity contribution is 5.47. The van der Waals surface area contributed by atoms with Crippen molar-refractivity contribution >= 4 is 0 Å². The lowest BCUT2D eigenvalue weighted by atomic mass is 9.74. The highest BCUT2D eigenvalue weighted by Gasteiger charge is 2.31. The van der Waals surface area contributed by atoms with Gasteiger partial charge in [-0.05, 0) is 79.0 Å². The van der Waals surface area contributed by atoms with E-state index >= 15 is 0 Å². The number of hydrogen-bond donors (Lipinski definition) is 1. The molecule has 0 bridgehead atoms. The molecule has 0 radical (unpaired) electrons. The maximum absolute atomic E-state index is 3.48. The average Bonchev–Trinajstić information content (AvgIpc) is 2.85. The molecule has 0 fully saturated rings. The normalized spacial score (nSPS) is 17.3. The summed E-state index contributed by atoms with van der Waals surface area (Å²) in [5, 5.41) is 3.48. The van der Waals surface area contributed by atoms with Gasteiger partial charge >= 0.3 is 0 Å². The van der Waals surface area contributed by atoms with Crippen LogP contribution >= 0.6 is 0 Å². The predicted molar refractivity (Wildman–Crippen MR) is 131 cm³/mol. The van der Waals surface area contributed by atoms with Crippen LogP contribution in [0, 0.1) is 18.8 Å². The third kappa shape index (κ3) is 7.53. The van der Waals surface area contributed by atoms with Gasteiger partial charge in [0.05, 0.1) is 0 Å². The fraction of sp³-hybridized carbons (Fsp3) is 0.571. The smallest absolute Gasteiger partial charge is 0.0366 e. The third-order valence-electron chi connectivity index (χ3n) is 5.57. The van der Waals surface area contributed by atoms with E-state index in [4.69, 9.17) is 0 Å². The summed E-state index contributed by atoms with van der Waals surface area (Å²) in [6.07, 6.45) is 12.1. The number of hydrogen-bond acceptors (Lipinski definition) is 1. The molecule has 1 unspecified atom stereocenters. The minimum atomic E-state index is 0.612. The molecule has 1 aliphatic carbocycles. The standard InChI is InChI=1S/C22H31N.C4H10.C2H4/c1-4-6-18(7-5-2)22-20-11-8-16(3)14-19(20)10-9-17-12-13-23-15-21(17)22;1-4(2)3;1-2/h8,11-14,18,22-23H,4-7,9-10,15H2,1-3H3;4H,1-3H3;1-2H2. The summed E-state index contributed by atoms with van der Waals surface area (Å²) in [5.74, 6) is 2.23. The summed E-state index contributed by atoms with van der Waals surface area (Å²) in [6, 6.07) is 7.19. The van der Waals surface area contributed by atoms with Gasteiger partial charge in [-0.1, -0.05) is 71.2 Å². The molecule has 1 aliphatic heterocycles. The highest BCUT2D eigenvalue weighted by atomic mass is 14.8. The molecule has 1 nitrogen and oxygen atoms in total. The number of dihydropyridines is 1. The first kappa shape index (κ1) is 25.3. The Morgan fingerprint density at radius 2 is 1.66 bits per heavy atom. The van der Waals surface area contributed by atoms with Gasteiger partial charge in [-0.2, -0.15) is 0 Å². The zero-order valence-corrected chi connectivity index (χ0v) is 20.0. The summed E-state index contributed by atoms with van der Waals surface area (Å²) >= 11 is 0. The quantitative estimate of drug-likeness (QED) is 0.496. The van der Waals surface area contributed by atoms with Gasteiger partial charge in [0.2, 0.25) is 0 Å². The van der Waals surface area contributed by atoms with Crippen molar-refractivity contribution in [2.24, 2.45) is 11.8 Å². The molecule has 0 aromatic heterocycles. The Balaban J connectivity index is 0.000000627. The van der Waals surface area contributed by atoms with Crippen molar-refractivity contribution < 1.29 is 0 Å². The number of allylic oxidation sites excluding steroid dienone is 2. The molecule has 1 aromatic carbocycles. The largest absolute Gasteiger partial charge is 0.387 e. The second kappa shape index (κ2) is 13.5. The Hall–Kier alpha value is -1.76. The van der Waals surface area contributed by atoms with Gasteiger partial charge in [-0.3, -0.25) is 0 Å². The lowest BCUT2D eigenvalue weighted by Crippen LogP contribution is -2.25. The minimum Gasteiger partial charge on any atom is -0.387 e. The van der Waals surface area contributed by atoms with Crippen LogP contribution in [-0.4, -0.2) is 6.54 Å². The van der Waals surface area contributed by atoms with E-state index in [1.54, 1.807) is 22.3 Å². The molecule has 0 saturated carbocycles. The number of nitrogens with one attached hydrogen (secondary N) is 1. The number of fused-ring (bicyclic) bond motifs is 1. The van der Waals surface area contributed by atoms with E-state index in [0.717, 1.165) is 18.4 Å². The Bertz CT molecular complexity index is 656. The third-order valence-corrected chi connectivity index (χ3v) is 5.57. The summed E-state index contributed by atoms with van der Waals surface area (Å²) < 4.78 is 0. The molecular formula is C28H45N. The van der Waals surface area contributed by atoms with Crippen LogP contribution in [0.15, 0.2) is 54.8 Å². The molecule has 1 heterocycles. The second-order valence-electron chi connectivity index (χ2n) is 9.01. The number of rotatable bonds is 5. The van der Waals surface area contributed by atoms with E-state index in [-0.39, 0.29) is 0 Å². The number of aryl methyl sites for hydroxylation is 2. The monoisotopic (exact) mass is 395 g/mol. The van der Waals surface area contributed by atoms with Crippen molar-refractivity contribution in [3.8, 4) is 0 Å². The lowest BCUT2D eigenvalue weighted by Gasteiger charge is -2.32. The van der Waals surface area contributed by atoms with Crippen LogP contribution in [0.1, 0.15) is 89.3 Å². The Morgan fingerprint density at radius 3 is 2.24 bits per heavy atom. The van der Waals surface area contributed by atoms with Crippen LogP contribution in [0.25, 0.3) is 0 Å². The molecule has 2 aliphatic rings. The zero-order chi connectivity index (χ0) is 21.8. The summed E-state index contributed by atoms with van der Waals surface area (Å²) in [5.41, 5.74) is 7.87. The van der Waals surface area contributed by atoms with E-state index in [1.807, 2.05) is 0 Å². The predicted octanol–water partition coefficient (Wildman–Crippen LogP) is 8.12. The fourth-order valence-corrected chi connectivity index (χ4v) is 4.57. The summed E-state index contributed by atoms with van der Waals surface area (Å²) in [7, 11) is 0. The van der Waals surface area contributed by atoms with Crippen molar-refractivity contribution in [1.29, 1.82) is 0 Å². The minimum absolute atomic E-state index is 0.612. The van der Waals surface area contributed by atoms with Crippen LogP contribution in [0.3, 0.4) is 0 Å². The molecule has 0 saturated heterocycles. The van der Waals surface area contributed by atoms with Gasteiger partial charge in [0.1, 0.15) is 0 Å². The summed E-state index contributed by atoms with van der Waals surface area (Å²) in [6.45, 7) is 20.4. The van der Waals surface area contributed by atoms with Crippen LogP contribution in [0.2, 0.25) is 0 Å². The number of benzene rings is 1. The van der Waals surface area contributed by atoms with Gasteiger partial charge in [-0.25, -0.2) is 0 Å². The molecule has 0 spiro atoms. The SMILES string of the molecule is C=C.CC(C)C.CCCC(CCC)C1C2=C(C=CNC2)CCc2cc(C)ccc21. The molecule has 1 aromatic rings. The molecule has 1 atom stereocenters. The molecule has 29 heavy (non-hydrogen) atoms.